The number of aromatic nitrogens is 1. The molecule has 1 fully saturated rings. The summed E-state index contributed by atoms with van der Waals surface area (Å²) in [7, 11) is -3.61. The molecular weight excluding hydrogens is 378 g/mol. The van der Waals surface area contributed by atoms with Crippen molar-refractivity contribution in [1.82, 2.24) is 20.3 Å². The molecule has 2 aromatic rings. The van der Waals surface area contributed by atoms with E-state index in [2.05, 4.69) is 25.7 Å². The standard InChI is InChI=1S/C19H25N5O3S/c1-14-8-10-21-13-18(14)24-28(26,27)17-6-4-16(5-7-17)23-19(25)22-12-15-3-2-9-20-11-15/h2-7,9,11,14,18,21,24H,8,10,12-13H2,1H3,(H2,22,23,25). The Morgan fingerprint density at radius 2 is 2.04 bits per heavy atom. The summed E-state index contributed by atoms with van der Waals surface area (Å²) in [5.41, 5.74) is 1.40. The maximum Gasteiger partial charge on any atom is 0.319 e. The highest BCUT2D eigenvalue weighted by Crippen LogP contribution is 2.17. The smallest absolute Gasteiger partial charge is 0.319 e. The lowest BCUT2D eigenvalue weighted by atomic mass is 9.96. The molecule has 150 valence electrons. The van der Waals surface area contributed by atoms with Crippen LogP contribution in [0.2, 0.25) is 0 Å². The second-order valence-electron chi connectivity index (χ2n) is 6.89. The van der Waals surface area contributed by atoms with Gasteiger partial charge in [0, 0.05) is 37.2 Å². The number of nitrogens with zero attached hydrogens (tertiary/aromatic N) is 1. The lowest BCUT2D eigenvalue weighted by Gasteiger charge is -2.29. The van der Waals surface area contributed by atoms with Crippen LogP contribution in [-0.2, 0) is 16.6 Å². The minimum absolute atomic E-state index is 0.130. The number of amides is 2. The molecule has 0 bridgehead atoms. The van der Waals surface area contributed by atoms with Gasteiger partial charge in [-0.2, -0.15) is 0 Å². The van der Waals surface area contributed by atoms with Gasteiger partial charge in [-0.15, -0.1) is 0 Å². The Bertz CT molecular complexity index is 888. The molecule has 1 aromatic carbocycles. The van der Waals surface area contributed by atoms with Crippen LogP contribution in [0.4, 0.5) is 10.5 Å². The van der Waals surface area contributed by atoms with E-state index < -0.39 is 10.0 Å². The van der Waals surface area contributed by atoms with E-state index in [9.17, 15) is 13.2 Å². The predicted molar refractivity (Wildman–Crippen MR) is 107 cm³/mol. The van der Waals surface area contributed by atoms with Crippen molar-refractivity contribution in [1.29, 1.82) is 0 Å². The normalized spacial score (nSPS) is 19.8. The predicted octanol–water partition coefficient (Wildman–Crippen LogP) is 1.68. The van der Waals surface area contributed by atoms with E-state index >= 15 is 0 Å². The Morgan fingerprint density at radius 3 is 2.71 bits per heavy atom. The van der Waals surface area contributed by atoms with Crippen molar-refractivity contribution < 1.29 is 13.2 Å². The first kappa shape index (κ1) is 20.2. The number of hydrogen-bond donors (Lipinski definition) is 4. The van der Waals surface area contributed by atoms with Gasteiger partial charge in [0.15, 0.2) is 0 Å². The van der Waals surface area contributed by atoms with Crippen LogP contribution in [0.1, 0.15) is 18.9 Å². The minimum Gasteiger partial charge on any atom is -0.334 e. The van der Waals surface area contributed by atoms with Crippen molar-refractivity contribution in [2.24, 2.45) is 5.92 Å². The van der Waals surface area contributed by atoms with Crippen LogP contribution in [0, 0.1) is 5.92 Å². The van der Waals surface area contributed by atoms with Gasteiger partial charge in [-0.05, 0) is 54.8 Å². The first-order valence-electron chi connectivity index (χ1n) is 9.21. The zero-order valence-corrected chi connectivity index (χ0v) is 16.5. The van der Waals surface area contributed by atoms with Crippen molar-refractivity contribution >= 4 is 21.7 Å². The van der Waals surface area contributed by atoms with Gasteiger partial charge in [-0.1, -0.05) is 13.0 Å². The van der Waals surface area contributed by atoms with Crippen molar-refractivity contribution in [3.63, 3.8) is 0 Å². The van der Waals surface area contributed by atoms with Gasteiger partial charge in [-0.25, -0.2) is 17.9 Å². The van der Waals surface area contributed by atoms with Crippen molar-refractivity contribution in [3.05, 3.63) is 54.4 Å². The molecule has 0 spiro atoms. The summed E-state index contributed by atoms with van der Waals surface area (Å²) in [5, 5.41) is 8.62. The Morgan fingerprint density at radius 1 is 1.25 bits per heavy atom. The lowest BCUT2D eigenvalue weighted by molar-refractivity contribution is 0.251. The number of carbonyl (C=O) groups is 1. The number of hydrogen-bond acceptors (Lipinski definition) is 5. The molecular formula is C19H25N5O3S. The van der Waals surface area contributed by atoms with Crippen molar-refractivity contribution in [2.75, 3.05) is 18.4 Å². The van der Waals surface area contributed by atoms with E-state index in [0.29, 0.717) is 18.8 Å². The topological polar surface area (TPSA) is 112 Å². The molecule has 3 rings (SSSR count). The van der Waals surface area contributed by atoms with Crippen LogP contribution >= 0.6 is 0 Å². The molecule has 1 saturated heterocycles. The molecule has 2 amide bonds. The monoisotopic (exact) mass is 403 g/mol. The highest BCUT2D eigenvalue weighted by atomic mass is 32.2. The number of piperidine rings is 1. The van der Waals surface area contributed by atoms with Gasteiger partial charge < -0.3 is 16.0 Å². The lowest BCUT2D eigenvalue weighted by Crippen LogP contribution is -2.50. The Hall–Kier alpha value is -2.49. The zero-order chi connectivity index (χ0) is 20.0. The van der Waals surface area contributed by atoms with E-state index in [1.807, 2.05) is 13.0 Å². The summed E-state index contributed by atoms with van der Waals surface area (Å²) in [6, 6.07) is 9.27. The number of urea groups is 1. The largest absolute Gasteiger partial charge is 0.334 e. The molecule has 1 aliphatic heterocycles. The van der Waals surface area contributed by atoms with Crippen LogP contribution in [0.5, 0.6) is 0 Å². The first-order chi connectivity index (χ1) is 13.4. The van der Waals surface area contributed by atoms with E-state index in [1.165, 1.54) is 12.1 Å². The summed E-state index contributed by atoms with van der Waals surface area (Å²) in [6.07, 6.45) is 4.28. The maximum atomic E-state index is 12.6. The van der Waals surface area contributed by atoms with E-state index in [-0.39, 0.29) is 22.9 Å². The fourth-order valence-electron chi connectivity index (χ4n) is 2.99. The highest BCUT2D eigenvalue weighted by Gasteiger charge is 2.26. The molecule has 1 aromatic heterocycles. The number of sulfonamides is 1. The number of anilines is 1. The number of nitrogens with one attached hydrogen (secondary N) is 4. The number of pyridine rings is 1. The van der Waals surface area contributed by atoms with Crippen LogP contribution < -0.4 is 20.7 Å². The fraction of sp³-hybridized carbons (Fsp3) is 0.368. The summed E-state index contributed by atoms with van der Waals surface area (Å²) >= 11 is 0. The summed E-state index contributed by atoms with van der Waals surface area (Å²) in [6.45, 7) is 3.93. The van der Waals surface area contributed by atoms with Crippen LogP contribution in [0.3, 0.4) is 0 Å². The molecule has 4 N–H and O–H groups in total. The summed E-state index contributed by atoms with van der Waals surface area (Å²) in [4.78, 5) is 16.1. The molecule has 9 heteroatoms. The Balaban J connectivity index is 1.55. The van der Waals surface area contributed by atoms with E-state index in [4.69, 9.17) is 0 Å². The van der Waals surface area contributed by atoms with Gasteiger partial charge in [0.1, 0.15) is 0 Å². The molecule has 1 aliphatic rings. The molecule has 0 radical (unpaired) electrons. The van der Waals surface area contributed by atoms with Crippen LogP contribution in [0.15, 0.2) is 53.7 Å². The fourth-order valence-corrected chi connectivity index (χ4v) is 4.34. The van der Waals surface area contributed by atoms with Gasteiger partial charge in [0.2, 0.25) is 10.0 Å². The van der Waals surface area contributed by atoms with Gasteiger partial charge in [0.25, 0.3) is 0 Å². The average molecular weight is 404 g/mol. The Labute approximate surface area is 165 Å². The zero-order valence-electron chi connectivity index (χ0n) is 15.7. The van der Waals surface area contributed by atoms with Crippen LogP contribution in [0.25, 0.3) is 0 Å². The number of rotatable bonds is 6. The molecule has 0 saturated carbocycles. The van der Waals surface area contributed by atoms with E-state index in [1.54, 1.807) is 30.6 Å². The number of carbonyl (C=O) groups excluding carboxylic acids is 1. The van der Waals surface area contributed by atoms with E-state index in [0.717, 1.165) is 18.5 Å². The molecule has 28 heavy (non-hydrogen) atoms. The van der Waals surface area contributed by atoms with Crippen molar-refractivity contribution in [3.8, 4) is 0 Å². The van der Waals surface area contributed by atoms with Gasteiger partial charge in [0.05, 0.1) is 4.90 Å². The molecule has 2 heterocycles. The third-order valence-corrected chi connectivity index (χ3v) is 6.24. The van der Waals surface area contributed by atoms with Crippen molar-refractivity contribution in [2.45, 2.75) is 30.8 Å². The SMILES string of the molecule is CC1CCNCC1NS(=O)(=O)c1ccc(NC(=O)NCc2cccnc2)cc1. The highest BCUT2D eigenvalue weighted by molar-refractivity contribution is 7.89. The molecule has 8 nitrogen and oxygen atoms in total. The maximum absolute atomic E-state index is 12.6. The molecule has 0 aliphatic carbocycles. The summed E-state index contributed by atoms with van der Waals surface area (Å²) < 4.78 is 28.0. The molecule has 2 unspecified atom stereocenters. The molecule has 2 atom stereocenters. The quantitative estimate of drug-likeness (QED) is 0.586. The van der Waals surface area contributed by atoms with Gasteiger partial charge in [-0.3, -0.25) is 4.98 Å². The Kier molecular flexibility index (Phi) is 6.61. The second-order valence-corrected chi connectivity index (χ2v) is 8.61. The third kappa shape index (κ3) is 5.51. The first-order valence-corrected chi connectivity index (χ1v) is 10.7. The van der Waals surface area contributed by atoms with Crippen LogP contribution in [-0.4, -0.2) is 38.6 Å². The average Bonchev–Trinajstić information content (AvgIpc) is 2.69. The minimum atomic E-state index is -3.61. The third-order valence-electron chi connectivity index (χ3n) is 4.73. The second kappa shape index (κ2) is 9.13. The van der Waals surface area contributed by atoms with Gasteiger partial charge >= 0.3 is 6.03 Å². The number of benzene rings is 1. The summed E-state index contributed by atoms with van der Waals surface area (Å²) in [5.74, 6) is 0.278.